The van der Waals surface area contributed by atoms with Crippen molar-refractivity contribution in [3.63, 3.8) is 0 Å². The van der Waals surface area contributed by atoms with Gasteiger partial charge in [0.25, 0.3) is 0 Å². The zero-order valence-electron chi connectivity index (χ0n) is 16.0. The number of aryl methyl sites for hydroxylation is 2. The number of rotatable bonds is 7. The van der Waals surface area contributed by atoms with E-state index in [0.29, 0.717) is 6.54 Å². The van der Waals surface area contributed by atoms with Crippen molar-refractivity contribution >= 4 is 23.4 Å². The van der Waals surface area contributed by atoms with Crippen LogP contribution in [-0.4, -0.2) is 21.4 Å². The summed E-state index contributed by atoms with van der Waals surface area (Å²) in [6.45, 7) is 6.71. The van der Waals surface area contributed by atoms with Crippen molar-refractivity contribution < 1.29 is 4.79 Å². The van der Waals surface area contributed by atoms with Gasteiger partial charge in [0, 0.05) is 27.9 Å². The van der Waals surface area contributed by atoms with Crippen molar-refractivity contribution in [3.05, 3.63) is 77.6 Å². The molecule has 0 saturated carbocycles. The fourth-order valence-corrected chi connectivity index (χ4v) is 3.78. The first kappa shape index (κ1) is 19.2. The number of anilines is 1. The highest BCUT2D eigenvalue weighted by Crippen LogP contribution is 2.21. The predicted molar refractivity (Wildman–Crippen MR) is 112 cm³/mol. The molecule has 1 unspecified atom stereocenters. The monoisotopic (exact) mass is 379 g/mol. The number of benzene rings is 2. The van der Waals surface area contributed by atoms with Gasteiger partial charge in [-0.2, -0.15) is 5.10 Å². The smallest absolute Gasteiger partial charge is 0.228 e. The first-order chi connectivity index (χ1) is 13.0. The molecule has 0 spiro atoms. The van der Waals surface area contributed by atoms with Gasteiger partial charge in [0.2, 0.25) is 5.91 Å². The van der Waals surface area contributed by atoms with E-state index in [-0.39, 0.29) is 11.8 Å². The fraction of sp³-hybridized carbons (Fsp3) is 0.273. The Hall–Kier alpha value is -2.53. The molecular formula is C22H25N3OS. The third-order valence-corrected chi connectivity index (χ3v) is 5.59. The molecule has 1 amide bonds. The van der Waals surface area contributed by atoms with Crippen molar-refractivity contribution in [2.45, 2.75) is 32.2 Å². The topological polar surface area (TPSA) is 46.9 Å². The average molecular weight is 380 g/mol. The molecule has 5 heteroatoms. The van der Waals surface area contributed by atoms with Gasteiger partial charge in [-0.15, -0.1) is 11.8 Å². The van der Waals surface area contributed by atoms with Gasteiger partial charge in [0.05, 0.1) is 12.2 Å². The quantitative estimate of drug-likeness (QED) is 0.593. The Bertz CT molecular complexity index is 905. The lowest BCUT2D eigenvalue weighted by Gasteiger charge is -2.13. The molecule has 0 radical (unpaired) electrons. The van der Waals surface area contributed by atoms with Crippen LogP contribution >= 0.6 is 11.8 Å². The Morgan fingerprint density at radius 1 is 1.11 bits per heavy atom. The molecule has 2 aromatic carbocycles. The van der Waals surface area contributed by atoms with Gasteiger partial charge >= 0.3 is 0 Å². The van der Waals surface area contributed by atoms with Crippen LogP contribution in [0, 0.1) is 19.8 Å². The van der Waals surface area contributed by atoms with E-state index < -0.39 is 0 Å². The maximum atomic E-state index is 12.5. The zero-order valence-corrected chi connectivity index (χ0v) is 16.8. The van der Waals surface area contributed by atoms with Gasteiger partial charge in [-0.3, -0.25) is 9.48 Å². The summed E-state index contributed by atoms with van der Waals surface area (Å²) in [4.78, 5) is 13.7. The van der Waals surface area contributed by atoms with Crippen molar-refractivity contribution in [2.24, 2.45) is 5.92 Å². The van der Waals surface area contributed by atoms with Gasteiger partial charge in [-0.05, 0) is 49.7 Å². The van der Waals surface area contributed by atoms with Crippen molar-refractivity contribution in [1.82, 2.24) is 9.78 Å². The third kappa shape index (κ3) is 5.47. The van der Waals surface area contributed by atoms with Gasteiger partial charge in [-0.1, -0.05) is 37.3 Å². The highest BCUT2D eigenvalue weighted by molar-refractivity contribution is 7.99. The van der Waals surface area contributed by atoms with E-state index in [9.17, 15) is 4.79 Å². The van der Waals surface area contributed by atoms with Crippen LogP contribution in [0.25, 0.3) is 0 Å². The summed E-state index contributed by atoms with van der Waals surface area (Å²) >= 11 is 1.70. The van der Waals surface area contributed by atoms with E-state index in [4.69, 9.17) is 0 Å². The average Bonchev–Trinajstić information content (AvgIpc) is 2.97. The van der Waals surface area contributed by atoms with Crippen LogP contribution in [0.15, 0.2) is 65.6 Å². The molecular weight excluding hydrogens is 354 g/mol. The molecule has 140 valence electrons. The van der Waals surface area contributed by atoms with Crippen LogP contribution < -0.4 is 5.32 Å². The maximum absolute atomic E-state index is 12.5. The largest absolute Gasteiger partial charge is 0.326 e. The number of thioether (sulfide) groups is 1. The first-order valence-electron chi connectivity index (χ1n) is 9.10. The predicted octanol–water partition coefficient (Wildman–Crippen LogP) is 4.92. The number of carbonyl (C=O) groups is 1. The molecule has 0 aliphatic heterocycles. The summed E-state index contributed by atoms with van der Waals surface area (Å²) in [5.74, 6) is 0.720. The zero-order chi connectivity index (χ0) is 19.2. The molecule has 0 aliphatic rings. The second-order valence-corrected chi connectivity index (χ2v) is 7.89. The van der Waals surface area contributed by atoms with Gasteiger partial charge in [-0.25, -0.2) is 0 Å². The van der Waals surface area contributed by atoms with E-state index in [1.165, 1.54) is 4.90 Å². The summed E-state index contributed by atoms with van der Waals surface area (Å²) in [5.41, 5.74) is 4.09. The lowest BCUT2D eigenvalue weighted by molar-refractivity contribution is -0.118. The number of amides is 1. The Morgan fingerprint density at radius 2 is 1.89 bits per heavy atom. The number of hydrogen-bond acceptors (Lipinski definition) is 3. The molecule has 3 aromatic rings. The van der Waals surface area contributed by atoms with Crippen LogP contribution in [0.3, 0.4) is 0 Å². The summed E-state index contributed by atoms with van der Waals surface area (Å²) in [6, 6.07) is 20.2. The minimum atomic E-state index is -0.0742. The molecule has 0 aliphatic carbocycles. The molecule has 1 heterocycles. The fourth-order valence-electron chi connectivity index (χ4n) is 2.83. The number of carbonyl (C=O) groups excluding carboxylic acids is 1. The molecule has 0 bridgehead atoms. The SMILES string of the molecule is Cc1cc(C)n(Cc2cccc(NC(=O)C(C)CSc3ccccc3)c2)n1. The van der Waals surface area contributed by atoms with Gasteiger partial charge in [0.1, 0.15) is 0 Å². The van der Waals surface area contributed by atoms with Gasteiger partial charge in [0.15, 0.2) is 0 Å². The number of aromatic nitrogens is 2. The molecule has 4 nitrogen and oxygen atoms in total. The van der Waals surface area contributed by atoms with Crippen molar-refractivity contribution in [3.8, 4) is 0 Å². The summed E-state index contributed by atoms with van der Waals surface area (Å²) in [6.07, 6.45) is 0. The van der Waals surface area contributed by atoms with E-state index in [1.54, 1.807) is 11.8 Å². The second-order valence-electron chi connectivity index (χ2n) is 6.80. The highest BCUT2D eigenvalue weighted by atomic mass is 32.2. The Balaban J connectivity index is 1.58. The maximum Gasteiger partial charge on any atom is 0.228 e. The lowest BCUT2D eigenvalue weighted by atomic mass is 10.1. The molecule has 27 heavy (non-hydrogen) atoms. The van der Waals surface area contributed by atoms with Crippen molar-refractivity contribution in [1.29, 1.82) is 0 Å². The minimum absolute atomic E-state index is 0.0432. The van der Waals surface area contributed by atoms with Crippen LogP contribution in [0.4, 0.5) is 5.69 Å². The summed E-state index contributed by atoms with van der Waals surface area (Å²) < 4.78 is 1.98. The number of nitrogens with one attached hydrogen (secondary N) is 1. The minimum Gasteiger partial charge on any atom is -0.326 e. The van der Waals surface area contributed by atoms with E-state index >= 15 is 0 Å². The van der Waals surface area contributed by atoms with Crippen LogP contribution in [0.2, 0.25) is 0 Å². The van der Waals surface area contributed by atoms with Crippen molar-refractivity contribution in [2.75, 3.05) is 11.1 Å². The molecule has 1 N–H and O–H groups in total. The lowest BCUT2D eigenvalue weighted by Crippen LogP contribution is -2.22. The van der Waals surface area contributed by atoms with Crippen LogP contribution in [-0.2, 0) is 11.3 Å². The molecule has 0 fully saturated rings. The Morgan fingerprint density at radius 3 is 2.59 bits per heavy atom. The Labute approximate surface area is 165 Å². The molecule has 0 saturated heterocycles. The summed E-state index contributed by atoms with van der Waals surface area (Å²) in [7, 11) is 0. The van der Waals surface area contributed by atoms with E-state index in [1.807, 2.05) is 54.9 Å². The summed E-state index contributed by atoms with van der Waals surface area (Å²) in [5, 5.41) is 7.55. The molecule has 3 rings (SSSR count). The Kier molecular flexibility index (Phi) is 6.35. The normalized spacial score (nSPS) is 12.0. The highest BCUT2D eigenvalue weighted by Gasteiger charge is 2.14. The molecule has 1 atom stereocenters. The first-order valence-corrected chi connectivity index (χ1v) is 10.1. The van der Waals surface area contributed by atoms with Crippen LogP contribution in [0.1, 0.15) is 23.9 Å². The second kappa shape index (κ2) is 8.91. The standard InChI is InChI=1S/C22H25N3OS/c1-16(15-27-21-10-5-4-6-11-21)22(26)23-20-9-7-8-19(13-20)14-25-18(3)12-17(2)24-25/h4-13,16H,14-15H2,1-3H3,(H,23,26). The number of hydrogen-bond donors (Lipinski definition) is 1. The third-order valence-electron chi connectivity index (χ3n) is 4.32. The van der Waals surface area contributed by atoms with Crippen LogP contribution in [0.5, 0.6) is 0 Å². The van der Waals surface area contributed by atoms with Gasteiger partial charge < -0.3 is 5.32 Å². The van der Waals surface area contributed by atoms with E-state index in [2.05, 4.69) is 41.6 Å². The van der Waals surface area contributed by atoms with E-state index in [0.717, 1.165) is 28.4 Å². The number of nitrogens with zero attached hydrogens (tertiary/aromatic N) is 2. The molecule has 1 aromatic heterocycles.